The van der Waals surface area contributed by atoms with Gasteiger partial charge in [0.05, 0.1) is 11.2 Å². The predicted octanol–water partition coefficient (Wildman–Crippen LogP) is 2.90. The summed E-state index contributed by atoms with van der Waals surface area (Å²) >= 11 is 0. The SMILES string of the molecule is C[C@@H](NC(=O)OC(C)(C)C)C(=O)N1CCC[C@H](CN(c2ncc(B3OC(C)(C)C(C)(C)O3)cn2)C2CC2)C1. The molecule has 1 N–H and O–H groups in total. The van der Waals surface area contributed by atoms with Crippen LogP contribution in [0.1, 0.15) is 81.1 Å². The minimum absolute atomic E-state index is 0.0819. The van der Waals surface area contributed by atoms with Crippen molar-refractivity contribution >= 4 is 30.5 Å². The van der Waals surface area contributed by atoms with Crippen LogP contribution in [0.2, 0.25) is 0 Å². The number of likely N-dealkylation sites (tertiary alicyclic amines) is 1. The molecule has 1 aliphatic carbocycles. The molecule has 0 spiro atoms. The molecule has 0 radical (unpaired) electrons. The van der Waals surface area contributed by atoms with E-state index in [1.807, 2.05) is 32.6 Å². The van der Waals surface area contributed by atoms with Crippen LogP contribution in [0, 0.1) is 5.92 Å². The first-order valence-electron chi connectivity index (χ1n) is 13.9. The van der Waals surface area contributed by atoms with Gasteiger partial charge in [0.2, 0.25) is 11.9 Å². The van der Waals surface area contributed by atoms with Crippen molar-refractivity contribution in [3.8, 4) is 0 Å². The van der Waals surface area contributed by atoms with Crippen molar-refractivity contribution in [1.82, 2.24) is 20.2 Å². The average molecular weight is 529 g/mol. The molecule has 0 aromatic carbocycles. The Bertz CT molecular complexity index is 992. The third-order valence-electron chi connectivity index (χ3n) is 7.82. The van der Waals surface area contributed by atoms with Crippen molar-refractivity contribution in [2.45, 2.75) is 110 Å². The fourth-order valence-corrected chi connectivity index (χ4v) is 4.87. The normalized spacial score (nSPS) is 23.6. The highest BCUT2D eigenvalue weighted by Crippen LogP contribution is 2.36. The number of carbonyl (C=O) groups is 2. The molecule has 38 heavy (non-hydrogen) atoms. The van der Waals surface area contributed by atoms with Gasteiger partial charge in [-0.05, 0) is 87.0 Å². The summed E-state index contributed by atoms with van der Waals surface area (Å²) in [6, 6.07) is -0.217. The van der Waals surface area contributed by atoms with Gasteiger partial charge >= 0.3 is 13.2 Å². The molecule has 11 heteroatoms. The molecule has 1 aromatic rings. The zero-order chi connectivity index (χ0) is 27.9. The number of hydrogen-bond acceptors (Lipinski definition) is 8. The largest absolute Gasteiger partial charge is 0.498 e. The van der Waals surface area contributed by atoms with Crippen LogP contribution in [-0.4, -0.2) is 82.5 Å². The second-order valence-corrected chi connectivity index (χ2v) is 12.9. The van der Waals surface area contributed by atoms with Gasteiger partial charge in [0.1, 0.15) is 11.6 Å². The number of nitrogens with one attached hydrogen (secondary N) is 1. The van der Waals surface area contributed by atoms with E-state index in [-0.39, 0.29) is 5.91 Å². The molecule has 3 fully saturated rings. The van der Waals surface area contributed by atoms with Crippen LogP contribution in [0.5, 0.6) is 0 Å². The summed E-state index contributed by atoms with van der Waals surface area (Å²) in [6.07, 6.45) is 7.24. The van der Waals surface area contributed by atoms with Crippen LogP contribution < -0.4 is 15.7 Å². The van der Waals surface area contributed by atoms with Gasteiger partial charge in [-0.3, -0.25) is 4.79 Å². The van der Waals surface area contributed by atoms with E-state index in [4.69, 9.17) is 24.0 Å². The minimum atomic E-state index is -0.644. The number of amides is 2. The molecule has 2 aliphatic heterocycles. The molecule has 3 heterocycles. The number of anilines is 1. The Hall–Kier alpha value is -2.40. The predicted molar refractivity (Wildman–Crippen MR) is 146 cm³/mol. The van der Waals surface area contributed by atoms with Crippen LogP contribution >= 0.6 is 0 Å². The Balaban J connectivity index is 1.36. The third kappa shape index (κ3) is 6.78. The second kappa shape index (κ2) is 10.6. The minimum Gasteiger partial charge on any atom is -0.444 e. The lowest BCUT2D eigenvalue weighted by Gasteiger charge is -2.37. The van der Waals surface area contributed by atoms with E-state index >= 15 is 0 Å². The summed E-state index contributed by atoms with van der Waals surface area (Å²) in [6.45, 7) is 17.4. The summed E-state index contributed by atoms with van der Waals surface area (Å²) in [5, 5.41) is 2.68. The Labute approximate surface area is 227 Å². The summed E-state index contributed by atoms with van der Waals surface area (Å²) in [4.78, 5) is 38.8. The monoisotopic (exact) mass is 529 g/mol. The number of ether oxygens (including phenoxy) is 1. The molecule has 10 nitrogen and oxygen atoms in total. The van der Waals surface area contributed by atoms with Crippen LogP contribution in [0.4, 0.5) is 10.7 Å². The Kier molecular flexibility index (Phi) is 8.01. The Morgan fingerprint density at radius 3 is 2.32 bits per heavy atom. The van der Waals surface area contributed by atoms with Crippen molar-refractivity contribution in [2.24, 2.45) is 5.92 Å². The standard InChI is InChI=1S/C27H44BN5O5/c1-18(31-24(35)36-25(2,3)4)22(34)32-13-9-10-19(16-32)17-33(21-11-12-21)23-29-14-20(15-30-23)28-37-26(5,6)27(7,8)38-28/h14-15,18-19,21H,9-13,16-17H2,1-8H3,(H,31,35)/t18-,19+/m1/s1. The smallest absolute Gasteiger partial charge is 0.444 e. The molecule has 1 aromatic heterocycles. The number of piperidine rings is 1. The van der Waals surface area contributed by atoms with Gasteiger partial charge < -0.3 is 29.2 Å². The van der Waals surface area contributed by atoms with Gasteiger partial charge in [0.25, 0.3) is 0 Å². The van der Waals surface area contributed by atoms with Gasteiger partial charge in [-0.15, -0.1) is 0 Å². The maximum Gasteiger partial charge on any atom is 0.498 e. The highest BCUT2D eigenvalue weighted by atomic mass is 16.7. The number of alkyl carbamates (subject to hydrolysis) is 1. The third-order valence-corrected chi connectivity index (χ3v) is 7.82. The first-order chi connectivity index (χ1) is 17.6. The van der Waals surface area contributed by atoms with Crippen LogP contribution in [0.25, 0.3) is 0 Å². The van der Waals surface area contributed by atoms with Crippen molar-refractivity contribution in [1.29, 1.82) is 0 Å². The molecular weight excluding hydrogens is 485 g/mol. The lowest BCUT2D eigenvalue weighted by molar-refractivity contribution is -0.134. The van der Waals surface area contributed by atoms with E-state index in [0.29, 0.717) is 31.0 Å². The van der Waals surface area contributed by atoms with Crippen LogP contribution in [-0.2, 0) is 18.8 Å². The molecule has 2 saturated heterocycles. The summed E-state index contributed by atoms with van der Waals surface area (Å²) < 4.78 is 17.6. The van der Waals surface area contributed by atoms with Gasteiger partial charge in [-0.2, -0.15) is 0 Å². The van der Waals surface area contributed by atoms with Crippen molar-refractivity contribution in [2.75, 3.05) is 24.5 Å². The number of aromatic nitrogens is 2. The van der Waals surface area contributed by atoms with E-state index in [1.54, 1.807) is 40.1 Å². The first kappa shape index (κ1) is 28.6. The number of carbonyl (C=O) groups excluding carboxylic acids is 2. The highest BCUT2D eigenvalue weighted by molar-refractivity contribution is 6.61. The fraction of sp³-hybridized carbons (Fsp3) is 0.778. The maximum atomic E-state index is 13.1. The Morgan fingerprint density at radius 1 is 1.16 bits per heavy atom. The van der Waals surface area contributed by atoms with Crippen molar-refractivity contribution in [3.63, 3.8) is 0 Å². The van der Waals surface area contributed by atoms with Gasteiger partial charge in [-0.1, -0.05) is 0 Å². The van der Waals surface area contributed by atoms with Gasteiger partial charge in [0, 0.05) is 43.5 Å². The summed E-state index contributed by atoms with van der Waals surface area (Å²) in [7, 11) is -0.488. The highest BCUT2D eigenvalue weighted by Gasteiger charge is 2.52. The van der Waals surface area contributed by atoms with E-state index in [9.17, 15) is 9.59 Å². The lowest BCUT2D eigenvalue weighted by atomic mass is 9.81. The van der Waals surface area contributed by atoms with Crippen LogP contribution in [0.15, 0.2) is 12.4 Å². The lowest BCUT2D eigenvalue weighted by Crippen LogP contribution is -2.52. The first-order valence-corrected chi connectivity index (χ1v) is 13.9. The maximum absolute atomic E-state index is 13.1. The number of hydrogen-bond donors (Lipinski definition) is 1. The second-order valence-electron chi connectivity index (χ2n) is 12.9. The molecule has 0 bridgehead atoms. The summed E-state index contributed by atoms with van der Waals surface area (Å²) in [5.74, 6) is 0.922. The zero-order valence-corrected chi connectivity index (χ0v) is 24.2. The topological polar surface area (TPSA) is 106 Å². The molecule has 0 unspecified atom stereocenters. The zero-order valence-electron chi connectivity index (χ0n) is 24.2. The molecule has 3 aliphatic rings. The van der Waals surface area contributed by atoms with E-state index in [1.165, 1.54) is 0 Å². The van der Waals surface area contributed by atoms with E-state index in [2.05, 4.69) is 10.2 Å². The molecule has 1 saturated carbocycles. The van der Waals surface area contributed by atoms with E-state index < -0.39 is 36.1 Å². The molecule has 4 rings (SSSR count). The van der Waals surface area contributed by atoms with Gasteiger partial charge in [0.15, 0.2) is 0 Å². The van der Waals surface area contributed by atoms with Crippen molar-refractivity contribution < 1.29 is 23.6 Å². The van der Waals surface area contributed by atoms with E-state index in [0.717, 1.165) is 37.7 Å². The van der Waals surface area contributed by atoms with Crippen LogP contribution in [0.3, 0.4) is 0 Å². The average Bonchev–Trinajstić information content (AvgIpc) is 3.62. The fourth-order valence-electron chi connectivity index (χ4n) is 4.87. The molecule has 2 amide bonds. The number of nitrogens with zero attached hydrogens (tertiary/aromatic N) is 4. The van der Waals surface area contributed by atoms with Gasteiger partial charge in [-0.25, -0.2) is 14.8 Å². The summed E-state index contributed by atoms with van der Waals surface area (Å²) in [5.41, 5.74) is -0.634. The molecule has 2 atom stereocenters. The quantitative estimate of drug-likeness (QED) is 0.538. The molecular formula is C27H44BN5O5. The number of rotatable bonds is 7. The Morgan fingerprint density at radius 2 is 1.76 bits per heavy atom. The van der Waals surface area contributed by atoms with Crippen molar-refractivity contribution in [3.05, 3.63) is 12.4 Å². The molecule has 210 valence electrons.